The summed E-state index contributed by atoms with van der Waals surface area (Å²) in [6.45, 7) is 1.56. The standard InChI is InChI=1S/C26H18INO3/c1-14(29)26-19-11-4-2-9-17(19)21(18-10-3-5-12-20(18)26)22-23(26)25(31)28(24(22)30)16-8-6-7-15(27)13-16/h2-13,21-23H,1H3/t21?,22-,23-,26?/m1/s1. The van der Waals surface area contributed by atoms with Gasteiger partial charge in [0.1, 0.15) is 5.78 Å². The number of imide groups is 1. The van der Waals surface area contributed by atoms with Gasteiger partial charge in [-0.1, -0.05) is 54.6 Å². The summed E-state index contributed by atoms with van der Waals surface area (Å²) in [4.78, 5) is 42.6. The molecule has 0 N–H and O–H groups in total. The molecular weight excluding hydrogens is 501 g/mol. The topological polar surface area (TPSA) is 54.5 Å². The van der Waals surface area contributed by atoms with Gasteiger partial charge in [-0.3, -0.25) is 14.4 Å². The molecule has 4 nitrogen and oxygen atoms in total. The highest BCUT2D eigenvalue weighted by Gasteiger charge is 2.69. The first-order chi connectivity index (χ1) is 15.0. The van der Waals surface area contributed by atoms with Crippen molar-refractivity contribution in [1.29, 1.82) is 0 Å². The predicted octanol–water partition coefficient (Wildman–Crippen LogP) is 4.43. The number of Topliss-reactive ketones (excluding diaryl/α,β-unsaturated/α-hetero) is 1. The van der Waals surface area contributed by atoms with Crippen LogP contribution in [0, 0.1) is 15.4 Å². The van der Waals surface area contributed by atoms with E-state index in [-0.39, 0.29) is 23.5 Å². The maximum atomic E-state index is 13.9. The number of halogens is 1. The molecule has 5 heteroatoms. The molecule has 0 saturated carbocycles. The molecule has 2 amide bonds. The molecule has 2 bridgehead atoms. The lowest BCUT2D eigenvalue weighted by atomic mass is 9.46. The van der Waals surface area contributed by atoms with Crippen LogP contribution in [0.2, 0.25) is 0 Å². The number of amides is 2. The van der Waals surface area contributed by atoms with Crippen molar-refractivity contribution in [2.24, 2.45) is 11.8 Å². The normalized spacial score (nSPS) is 27.7. The minimum absolute atomic E-state index is 0.0915. The summed E-state index contributed by atoms with van der Waals surface area (Å²) in [5.41, 5.74) is 3.15. The smallest absolute Gasteiger partial charge is 0.239 e. The molecule has 152 valence electrons. The van der Waals surface area contributed by atoms with Gasteiger partial charge < -0.3 is 0 Å². The van der Waals surface area contributed by atoms with Gasteiger partial charge in [0.25, 0.3) is 0 Å². The number of carbonyl (C=O) groups is 3. The number of ketones is 1. The van der Waals surface area contributed by atoms with Gasteiger partial charge >= 0.3 is 0 Å². The Morgan fingerprint density at radius 2 is 1.48 bits per heavy atom. The first kappa shape index (κ1) is 18.9. The van der Waals surface area contributed by atoms with Gasteiger partial charge in [0.05, 0.1) is 22.9 Å². The van der Waals surface area contributed by atoms with Crippen LogP contribution in [0.25, 0.3) is 0 Å². The average molecular weight is 519 g/mol. The summed E-state index contributed by atoms with van der Waals surface area (Å²) < 4.78 is 0.946. The van der Waals surface area contributed by atoms with E-state index >= 15 is 0 Å². The maximum Gasteiger partial charge on any atom is 0.239 e. The number of rotatable bonds is 2. The predicted molar refractivity (Wildman–Crippen MR) is 125 cm³/mol. The molecule has 4 aliphatic rings. The lowest BCUT2D eigenvalue weighted by Gasteiger charge is -2.52. The highest BCUT2D eigenvalue weighted by atomic mass is 127. The fraction of sp³-hybridized carbons (Fsp3) is 0.192. The molecule has 2 atom stereocenters. The first-order valence-electron chi connectivity index (χ1n) is 10.3. The van der Waals surface area contributed by atoms with Gasteiger partial charge in [0.2, 0.25) is 11.8 Å². The number of anilines is 1. The minimum Gasteiger partial charge on any atom is -0.299 e. The average Bonchev–Trinajstić information content (AvgIpc) is 3.04. The molecule has 1 aliphatic heterocycles. The summed E-state index contributed by atoms with van der Waals surface area (Å²) in [5, 5.41) is 0. The molecule has 3 aliphatic carbocycles. The zero-order valence-electron chi connectivity index (χ0n) is 16.7. The quantitative estimate of drug-likeness (QED) is 0.372. The van der Waals surface area contributed by atoms with E-state index in [1.807, 2.05) is 66.7 Å². The van der Waals surface area contributed by atoms with Crippen LogP contribution in [0.15, 0.2) is 72.8 Å². The summed E-state index contributed by atoms with van der Waals surface area (Å²) in [6.07, 6.45) is 0. The van der Waals surface area contributed by atoms with Crippen LogP contribution in [0.3, 0.4) is 0 Å². The third-order valence-corrected chi connectivity index (χ3v) is 7.91. The summed E-state index contributed by atoms with van der Waals surface area (Å²) >= 11 is 2.18. The number of hydrogen-bond acceptors (Lipinski definition) is 3. The summed E-state index contributed by atoms with van der Waals surface area (Å²) in [6, 6.07) is 23.1. The van der Waals surface area contributed by atoms with Crippen LogP contribution >= 0.6 is 22.6 Å². The molecule has 0 aromatic heterocycles. The Morgan fingerprint density at radius 1 is 0.871 bits per heavy atom. The Labute approximate surface area is 193 Å². The third-order valence-electron chi connectivity index (χ3n) is 7.24. The molecule has 1 saturated heterocycles. The molecule has 0 spiro atoms. The largest absolute Gasteiger partial charge is 0.299 e. The zero-order valence-corrected chi connectivity index (χ0v) is 18.9. The summed E-state index contributed by atoms with van der Waals surface area (Å²) in [7, 11) is 0. The lowest BCUT2D eigenvalue weighted by molar-refractivity contribution is -0.132. The minimum atomic E-state index is -1.14. The van der Waals surface area contributed by atoms with E-state index in [0.29, 0.717) is 5.69 Å². The van der Waals surface area contributed by atoms with Crippen molar-refractivity contribution < 1.29 is 14.4 Å². The maximum absolute atomic E-state index is 13.9. The fourth-order valence-electron chi connectivity index (χ4n) is 6.24. The SMILES string of the molecule is CC(=O)C12c3ccccc3C(c3ccccc31)[C@H]1C(=O)N(c3cccc(I)c3)C(=O)[C@@H]12. The van der Waals surface area contributed by atoms with E-state index in [1.165, 1.54) is 4.90 Å². The summed E-state index contributed by atoms with van der Waals surface area (Å²) in [5.74, 6) is -2.13. The van der Waals surface area contributed by atoms with Crippen LogP contribution in [-0.2, 0) is 19.8 Å². The Balaban J connectivity index is 1.68. The number of carbonyl (C=O) groups excluding carboxylic acids is 3. The van der Waals surface area contributed by atoms with E-state index in [2.05, 4.69) is 22.6 Å². The van der Waals surface area contributed by atoms with E-state index < -0.39 is 17.3 Å². The van der Waals surface area contributed by atoms with Gasteiger partial charge in [-0.25, -0.2) is 4.90 Å². The molecule has 31 heavy (non-hydrogen) atoms. The van der Waals surface area contributed by atoms with Gasteiger partial charge in [-0.15, -0.1) is 0 Å². The van der Waals surface area contributed by atoms with Crippen molar-refractivity contribution >= 4 is 45.9 Å². The van der Waals surface area contributed by atoms with Crippen molar-refractivity contribution in [1.82, 2.24) is 0 Å². The van der Waals surface area contributed by atoms with Crippen LogP contribution in [-0.4, -0.2) is 17.6 Å². The molecule has 1 fully saturated rings. The number of benzene rings is 3. The monoisotopic (exact) mass is 519 g/mol. The molecule has 7 rings (SSSR count). The van der Waals surface area contributed by atoms with Crippen LogP contribution < -0.4 is 4.90 Å². The van der Waals surface area contributed by atoms with Gasteiger partial charge in [-0.05, 0) is 70.0 Å². The molecule has 3 aromatic carbocycles. The number of hydrogen-bond donors (Lipinski definition) is 0. The highest BCUT2D eigenvalue weighted by molar-refractivity contribution is 14.1. The Hall–Kier alpha value is -2.80. The van der Waals surface area contributed by atoms with Gasteiger partial charge in [-0.2, -0.15) is 0 Å². The van der Waals surface area contributed by atoms with Crippen LogP contribution in [0.4, 0.5) is 5.69 Å². The van der Waals surface area contributed by atoms with Crippen molar-refractivity contribution in [3.8, 4) is 0 Å². The zero-order chi connectivity index (χ0) is 21.5. The van der Waals surface area contributed by atoms with E-state index in [9.17, 15) is 14.4 Å². The van der Waals surface area contributed by atoms with E-state index in [1.54, 1.807) is 13.0 Å². The lowest BCUT2D eigenvalue weighted by Crippen LogP contribution is -2.57. The van der Waals surface area contributed by atoms with E-state index in [4.69, 9.17) is 0 Å². The molecule has 3 aromatic rings. The van der Waals surface area contributed by atoms with Gasteiger partial charge in [0, 0.05) is 9.49 Å². The number of nitrogens with zero attached hydrogens (tertiary/aromatic N) is 1. The second-order valence-electron chi connectivity index (χ2n) is 8.51. The second-order valence-corrected chi connectivity index (χ2v) is 9.76. The molecular formula is C26H18INO3. The Kier molecular flexibility index (Phi) is 3.88. The Morgan fingerprint density at radius 3 is 2.06 bits per heavy atom. The van der Waals surface area contributed by atoms with Crippen LogP contribution in [0.5, 0.6) is 0 Å². The van der Waals surface area contributed by atoms with Crippen molar-refractivity contribution in [2.75, 3.05) is 4.90 Å². The fourth-order valence-corrected chi connectivity index (χ4v) is 6.77. The van der Waals surface area contributed by atoms with Crippen molar-refractivity contribution in [3.05, 3.63) is 98.6 Å². The van der Waals surface area contributed by atoms with Crippen LogP contribution in [0.1, 0.15) is 35.1 Å². The molecule has 0 unspecified atom stereocenters. The molecule has 0 radical (unpaired) electrons. The third kappa shape index (κ3) is 2.17. The Bertz CT molecular complexity index is 1270. The highest BCUT2D eigenvalue weighted by Crippen LogP contribution is 2.64. The van der Waals surface area contributed by atoms with Gasteiger partial charge in [0.15, 0.2) is 0 Å². The van der Waals surface area contributed by atoms with Crippen molar-refractivity contribution in [2.45, 2.75) is 18.3 Å². The van der Waals surface area contributed by atoms with E-state index in [0.717, 1.165) is 25.8 Å². The molecule has 1 heterocycles. The second kappa shape index (κ2) is 6.36. The van der Waals surface area contributed by atoms with Crippen molar-refractivity contribution in [3.63, 3.8) is 0 Å². The first-order valence-corrected chi connectivity index (χ1v) is 11.4.